The summed E-state index contributed by atoms with van der Waals surface area (Å²) in [5.41, 5.74) is 0.383. The van der Waals surface area contributed by atoms with Crippen molar-refractivity contribution in [3.8, 4) is 0 Å². The van der Waals surface area contributed by atoms with E-state index in [0.29, 0.717) is 5.70 Å². The topological polar surface area (TPSA) is 43.4 Å². The molecule has 0 bridgehead atoms. The number of aliphatic carboxylic acids is 1. The predicted molar refractivity (Wildman–Crippen MR) is 69.4 cm³/mol. The molecule has 0 aromatic carbocycles. The molecule has 0 radical (unpaired) electrons. The summed E-state index contributed by atoms with van der Waals surface area (Å²) in [5, 5.41) is 11.2. The van der Waals surface area contributed by atoms with Crippen LogP contribution in [0.5, 0.6) is 0 Å². The summed E-state index contributed by atoms with van der Waals surface area (Å²) < 4.78 is 0. The van der Waals surface area contributed by atoms with Crippen molar-refractivity contribution in [2.75, 3.05) is 13.1 Å². The van der Waals surface area contributed by atoms with Gasteiger partial charge in [0.2, 0.25) is 0 Å². The highest BCUT2D eigenvalue weighted by Gasteiger charge is 2.09. The van der Waals surface area contributed by atoms with Crippen LogP contribution >= 0.6 is 0 Å². The van der Waals surface area contributed by atoms with E-state index < -0.39 is 5.97 Å². The Morgan fingerprint density at radius 3 is 1.94 bits per heavy atom. The molecule has 0 aromatic rings. The van der Waals surface area contributed by atoms with E-state index in [1.807, 2.05) is 11.8 Å². The van der Waals surface area contributed by atoms with E-state index in [2.05, 4.69) is 13.8 Å². The maximum atomic E-state index is 11.2. The van der Waals surface area contributed by atoms with Gasteiger partial charge >= 0.3 is 0 Å². The van der Waals surface area contributed by atoms with Crippen LogP contribution in [0.3, 0.4) is 0 Å². The molecular formula is C14H26NO2-. The highest BCUT2D eigenvalue weighted by molar-refractivity contribution is 5.83. The third kappa shape index (κ3) is 7.03. The van der Waals surface area contributed by atoms with Crippen molar-refractivity contribution in [3.63, 3.8) is 0 Å². The maximum Gasteiger partial charge on any atom is 0.0873 e. The first-order valence-corrected chi connectivity index (χ1v) is 6.83. The Hall–Kier alpha value is -0.990. The van der Waals surface area contributed by atoms with Gasteiger partial charge in [0.15, 0.2) is 0 Å². The Kier molecular flexibility index (Phi) is 9.59. The zero-order valence-electron chi connectivity index (χ0n) is 11.5. The van der Waals surface area contributed by atoms with Crippen molar-refractivity contribution >= 4 is 5.97 Å². The van der Waals surface area contributed by atoms with Gasteiger partial charge in [-0.15, -0.1) is 0 Å². The monoisotopic (exact) mass is 240 g/mol. The second-order valence-electron chi connectivity index (χ2n) is 4.36. The van der Waals surface area contributed by atoms with E-state index in [4.69, 9.17) is 0 Å². The Morgan fingerprint density at radius 1 is 1.06 bits per heavy atom. The van der Waals surface area contributed by atoms with Crippen LogP contribution in [0.1, 0.15) is 59.3 Å². The molecule has 0 aliphatic rings. The first kappa shape index (κ1) is 16.0. The summed E-state index contributed by atoms with van der Waals surface area (Å²) in [6.07, 6.45) is 7.79. The zero-order valence-corrected chi connectivity index (χ0v) is 11.5. The molecule has 100 valence electrons. The fraction of sp³-hybridized carbons (Fsp3) is 0.786. The highest BCUT2D eigenvalue weighted by atomic mass is 16.4. The number of rotatable bonds is 10. The van der Waals surface area contributed by atoms with Crippen molar-refractivity contribution in [2.45, 2.75) is 59.3 Å². The summed E-state index contributed by atoms with van der Waals surface area (Å²) in [6, 6.07) is 0. The molecule has 0 rings (SSSR count). The summed E-state index contributed by atoms with van der Waals surface area (Å²) >= 11 is 0. The average Bonchev–Trinajstić information content (AvgIpc) is 2.31. The normalized spacial score (nSPS) is 11.6. The minimum atomic E-state index is -1.04. The molecule has 0 aliphatic carbocycles. The number of hydrogen-bond acceptors (Lipinski definition) is 3. The van der Waals surface area contributed by atoms with Crippen LogP contribution in [0.2, 0.25) is 0 Å². The van der Waals surface area contributed by atoms with Gasteiger partial charge < -0.3 is 14.8 Å². The molecule has 0 amide bonds. The largest absolute Gasteiger partial charge is 0.543 e. The first-order valence-electron chi connectivity index (χ1n) is 6.83. The van der Waals surface area contributed by atoms with Gasteiger partial charge in [-0.25, -0.2) is 0 Å². The van der Waals surface area contributed by atoms with Crippen molar-refractivity contribution in [1.82, 2.24) is 4.90 Å². The molecule has 0 fully saturated rings. The lowest BCUT2D eigenvalue weighted by Gasteiger charge is -2.28. The number of allylic oxidation sites excluding steroid dienone is 1. The minimum absolute atomic E-state index is 0.383. The van der Waals surface area contributed by atoms with Gasteiger partial charge in [0, 0.05) is 13.1 Å². The smallest absolute Gasteiger partial charge is 0.0873 e. The van der Waals surface area contributed by atoms with Crippen LogP contribution in [0.15, 0.2) is 11.8 Å². The van der Waals surface area contributed by atoms with E-state index in [-0.39, 0.29) is 0 Å². The van der Waals surface area contributed by atoms with Gasteiger partial charge in [0.1, 0.15) is 0 Å². The molecule has 0 unspecified atom stereocenters. The lowest BCUT2D eigenvalue weighted by molar-refractivity contribution is -0.301. The van der Waals surface area contributed by atoms with E-state index in [0.717, 1.165) is 51.6 Å². The quantitative estimate of drug-likeness (QED) is 0.550. The van der Waals surface area contributed by atoms with Crippen LogP contribution < -0.4 is 5.11 Å². The molecule has 0 saturated carbocycles. The number of carboxylic acid groups (broad SMARTS) is 1. The van der Waals surface area contributed by atoms with Gasteiger partial charge in [-0.1, -0.05) is 46.1 Å². The van der Waals surface area contributed by atoms with Crippen molar-refractivity contribution < 1.29 is 9.90 Å². The third-order valence-corrected chi connectivity index (χ3v) is 2.74. The summed E-state index contributed by atoms with van der Waals surface area (Å²) in [4.78, 5) is 13.1. The van der Waals surface area contributed by atoms with Gasteiger partial charge in [-0.05, 0) is 19.3 Å². The summed E-state index contributed by atoms with van der Waals surface area (Å²) in [5.74, 6) is -1.04. The number of carbonyl (C=O) groups is 1. The number of nitrogens with zero attached hydrogens (tertiary/aromatic N) is 1. The summed E-state index contributed by atoms with van der Waals surface area (Å²) in [7, 11) is 0. The SMILES string of the molecule is CCC/C=C(\C(=O)[O-])N(CCCC)CCCC. The van der Waals surface area contributed by atoms with Crippen LogP contribution in [0, 0.1) is 0 Å². The lowest BCUT2D eigenvalue weighted by Crippen LogP contribution is -2.37. The lowest BCUT2D eigenvalue weighted by atomic mass is 10.2. The maximum absolute atomic E-state index is 11.2. The highest BCUT2D eigenvalue weighted by Crippen LogP contribution is 2.10. The fourth-order valence-corrected chi connectivity index (χ4v) is 1.67. The standard InChI is InChI=1S/C14H27NO2/c1-4-7-10-13(14(16)17)15(11-8-5-2)12-9-6-3/h10H,4-9,11-12H2,1-3H3,(H,16,17)/p-1/b13-10+. The second kappa shape index (κ2) is 10.2. The molecule has 0 N–H and O–H groups in total. The molecule has 0 spiro atoms. The zero-order chi connectivity index (χ0) is 13.1. The molecule has 0 aromatic heterocycles. The van der Waals surface area contributed by atoms with E-state index >= 15 is 0 Å². The third-order valence-electron chi connectivity index (χ3n) is 2.74. The number of unbranched alkanes of at least 4 members (excludes halogenated alkanes) is 3. The predicted octanol–water partition coefficient (Wildman–Crippen LogP) is 2.32. The Labute approximate surface area is 106 Å². The molecule has 17 heavy (non-hydrogen) atoms. The van der Waals surface area contributed by atoms with Crippen molar-refractivity contribution in [3.05, 3.63) is 11.8 Å². The molecule has 3 heteroatoms. The molecular weight excluding hydrogens is 214 g/mol. The van der Waals surface area contributed by atoms with Crippen LogP contribution in [0.25, 0.3) is 0 Å². The van der Waals surface area contributed by atoms with Crippen molar-refractivity contribution in [1.29, 1.82) is 0 Å². The first-order chi connectivity index (χ1) is 8.17. The van der Waals surface area contributed by atoms with Crippen LogP contribution in [-0.2, 0) is 4.79 Å². The van der Waals surface area contributed by atoms with E-state index in [9.17, 15) is 9.90 Å². The van der Waals surface area contributed by atoms with Gasteiger partial charge in [-0.3, -0.25) is 0 Å². The fourth-order valence-electron chi connectivity index (χ4n) is 1.67. The van der Waals surface area contributed by atoms with Crippen LogP contribution in [0.4, 0.5) is 0 Å². The van der Waals surface area contributed by atoms with Crippen LogP contribution in [-0.4, -0.2) is 24.0 Å². The number of hydrogen-bond donors (Lipinski definition) is 0. The number of carboxylic acids is 1. The Balaban J connectivity index is 4.60. The molecule has 0 atom stereocenters. The Bertz CT molecular complexity index is 228. The van der Waals surface area contributed by atoms with Gasteiger partial charge in [0.25, 0.3) is 0 Å². The molecule has 3 nitrogen and oxygen atoms in total. The van der Waals surface area contributed by atoms with Gasteiger partial charge in [-0.2, -0.15) is 0 Å². The van der Waals surface area contributed by atoms with Gasteiger partial charge in [0.05, 0.1) is 11.7 Å². The van der Waals surface area contributed by atoms with E-state index in [1.165, 1.54) is 0 Å². The second-order valence-corrected chi connectivity index (χ2v) is 4.36. The molecule has 0 saturated heterocycles. The molecule has 0 aliphatic heterocycles. The minimum Gasteiger partial charge on any atom is -0.543 e. The van der Waals surface area contributed by atoms with E-state index in [1.54, 1.807) is 6.08 Å². The van der Waals surface area contributed by atoms with Crippen molar-refractivity contribution in [2.24, 2.45) is 0 Å². The summed E-state index contributed by atoms with van der Waals surface area (Å²) in [6.45, 7) is 7.92. The molecule has 0 heterocycles. The average molecular weight is 240 g/mol. The number of carbonyl (C=O) groups excluding carboxylic acids is 1. The Morgan fingerprint density at radius 2 is 1.59 bits per heavy atom.